The molecule has 6 heteroatoms. The summed E-state index contributed by atoms with van der Waals surface area (Å²) in [7, 11) is 1.78. The van der Waals surface area contributed by atoms with Gasteiger partial charge in [0.2, 0.25) is 12.3 Å². The van der Waals surface area contributed by atoms with Crippen LogP contribution >= 0.6 is 0 Å². The molecule has 0 radical (unpaired) electrons. The van der Waals surface area contributed by atoms with Crippen molar-refractivity contribution in [3.05, 3.63) is 72.3 Å². The summed E-state index contributed by atoms with van der Waals surface area (Å²) in [6.07, 6.45) is 3.84. The SMILES string of the molecule is CN(CCc1ncon1)C(=O)C[C@H](c1ccccc1)c1ccco1. The predicted octanol–water partition coefficient (Wildman–Crippen LogP) is 2.89. The predicted molar refractivity (Wildman–Crippen MR) is 87.2 cm³/mol. The highest BCUT2D eigenvalue weighted by Gasteiger charge is 2.22. The maximum Gasteiger partial charge on any atom is 0.223 e. The summed E-state index contributed by atoms with van der Waals surface area (Å²) in [4.78, 5) is 18.3. The standard InChI is InChI=1S/C18H19N3O3/c1-21(10-9-17-19-13-24-20-17)18(22)12-15(16-8-5-11-23-16)14-6-3-2-4-7-14/h2-8,11,13,15H,9-10,12H2,1H3/t15-/m1/s1. The molecule has 0 aliphatic carbocycles. The monoisotopic (exact) mass is 325 g/mol. The molecule has 0 spiro atoms. The largest absolute Gasteiger partial charge is 0.469 e. The van der Waals surface area contributed by atoms with E-state index in [1.165, 1.54) is 6.39 Å². The smallest absolute Gasteiger partial charge is 0.223 e. The zero-order valence-electron chi connectivity index (χ0n) is 13.5. The zero-order valence-corrected chi connectivity index (χ0v) is 13.5. The molecular formula is C18H19N3O3. The molecule has 3 rings (SSSR count). The Labute approximate surface area is 140 Å². The van der Waals surface area contributed by atoms with Crippen LogP contribution in [-0.4, -0.2) is 34.5 Å². The van der Waals surface area contributed by atoms with E-state index >= 15 is 0 Å². The number of benzene rings is 1. The van der Waals surface area contributed by atoms with Crippen LogP contribution in [0.5, 0.6) is 0 Å². The van der Waals surface area contributed by atoms with E-state index in [1.54, 1.807) is 18.2 Å². The first-order chi connectivity index (χ1) is 11.7. The Morgan fingerprint density at radius 2 is 2.04 bits per heavy atom. The van der Waals surface area contributed by atoms with Crippen molar-refractivity contribution in [1.82, 2.24) is 15.0 Å². The molecule has 0 aliphatic rings. The van der Waals surface area contributed by atoms with Gasteiger partial charge in [0, 0.05) is 26.4 Å². The molecule has 2 aromatic heterocycles. The lowest BCUT2D eigenvalue weighted by atomic mass is 9.92. The summed E-state index contributed by atoms with van der Waals surface area (Å²) < 4.78 is 10.2. The number of likely N-dealkylation sites (N-methyl/N-ethyl adjacent to an activating group) is 1. The lowest BCUT2D eigenvalue weighted by molar-refractivity contribution is -0.130. The molecule has 0 aliphatic heterocycles. The quantitative estimate of drug-likeness (QED) is 0.668. The number of nitrogens with zero attached hydrogens (tertiary/aromatic N) is 3. The van der Waals surface area contributed by atoms with E-state index in [4.69, 9.17) is 8.94 Å². The van der Waals surface area contributed by atoms with Crippen LogP contribution < -0.4 is 0 Å². The fourth-order valence-electron chi connectivity index (χ4n) is 2.58. The number of aromatic nitrogens is 2. The van der Waals surface area contributed by atoms with Crippen LogP contribution in [0.25, 0.3) is 0 Å². The van der Waals surface area contributed by atoms with Gasteiger partial charge < -0.3 is 13.8 Å². The fraction of sp³-hybridized carbons (Fsp3) is 0.278. The Balaban J connectivity index is 1.67. The van der Waals surface area contributed by atoms with Crippen LogP contribution in [0.1, 0.15) is 29.5 Å². The molecule has 0 unspecified atom stereocenters. The van der Waals surface area contributed by atoms with Gasteiger partial charge in [-0.2, -0.15) is 4.98 Å². The Kier molecular flexibility index (Phi) is 5.05. The molecule has 1 atom stereocenters. The summed E-state index contributed by atoms with van der Waals surface area (Å²) in [5.74, 6) is 1.34. The van der Waals surface area contributed by atoms with Crippen molar-refractivity contribution in [1.29, 1.82) is 0 Å². The van der Waals surface area contributed by atoms with Gasteiger partial charge in [0.15, 0.2) is 5.82 Å². The minimum atomic E-state index is -0.0960. The molecule has 3 aromatic rings. The van der Waals surface area contributed by atoms with E-state index in [0.717, 1.165) is 11.3 Å². The van der Waals surface area contributed by atoms with Crippen molar-refractivity contribution in [3.63, 3.8) is 0 Å². The van der Waals surface area contributed by atoms with Crippen LogP contribution in [0.15, 0.2) is 64.1 Å². The molecule has 24 heavy (non-hydrogen) atoms. The highest BCUT2D eigenvalue weighted by Crippen LogP contribution is 2.28. The first kappa shape index (κ1) is 16.0. The second-order valence-corrected chi connectivity index (χ2v) is 5.60. The molecular weight excluding hydrogens is 306 g/mol. The summed E-state index contributed by atoms with van der Waals surface area (Å²) in [5, 5.41) is 3.76. The molecule has 1 amide bonds. The number of carbonyl (C=O) groups is 1. The molecule has 1 aromatic carbocycles. The third kappa shape index (κ3) is 3.90. The molecule has 0 fully saturated rings. The van der Waals surface area contributed by atoms with Gasteiger partial charge in [-0.1, -0.05) is 35.5 Å². The van der Waals surface area contributed by atoms with Crippen LogP contribution in [-0.2, 0) is 11.2 Å². The van der Waals surface area contributed by atoms with E-state index in [0.29, 0.717) is 25.2 Å². The second kappa shape index (κ2) is 7.59. The van der Waals surface area contributed by atoms with Crippen molar-refractivity contribution >= 4 is 5.91 Å². The van der Waals surface area contributed by atoms with E-state index in [1.807, 2.05) is 42.5 Å². The highest BCUT2D eigenvalue weighted by molar-refractivity contribution is 5.77. The minimum Gasteiger partial charge on any atom is -0.469 e. The number of hydrogen-bond donors (Lipinski definition) is 0. The van der Waals surface area contributed by atoms with E-state index in [-0.39, 0.29) is 11.8 Å². The Morgan fingerprint density at radius 1 is 1.21 bits per heavy atom. The topological polar surface area (TPSA) is 72.4 Å². The van der Waals surface area contributed by atoms with Crippen molar-refractivity contribution in [2.45, 2.75) is 18.8 Å². The third-order valence-corrected chi connectivity index (χ3v) is 3.97. The maximum absolute atomic E-state index is 12.6. The van der Waals surface area contributed by atoms with Gasteiger partial charge in [0.25, 0.3) is 0 Å². The molecule has 0 saturated carbocycles. The average molecular weight is 325 g/mol. The van der Waals surface area contributed by atoms with Gasteiger partial charge >= 0.3 is 0 Å². The fourth-order valence-corrected chi connectivity index (χ4v) is 2.58. The molecule has 0 saturated heterocycles. The molecule has 124 valence electrons. The number of hydrogen-bond acceptors (Lipinski definition) is 5. The van der Waals surface area contributed by atoms with Crippen LogP contribution in [0.2, 0.25) is 0 Å². The summed E-state index contributed by atoms with van der Waals surface area (Å²) in [6.45, 7) is 0.540. The molecule has 2 heterocycles. The molecule has 0 bridgehead atoms. The Morgan fingerprint density at radius 3 is 2.71 bits per heavy atom. The summed E-state index contributed by atoms with van der Waals surface area (Å²) in [6, 6.07) is 13.7. The minimum absolute atomic E-state index is 0.0451. The van der Waals surface area contributed by atoms with Gasteiger partial charge in [-0.05, 0) is 17.7 Å². The van der Waals surface area contributed by atoms with Gasteiger partial charge in [0.1, 0.15) is 5.76 Å². The van der Waals surface area contributed by atoms with Crippen LogP contribution in [0, 0.1) is 0 Å². The van der Waals surface area contributed by atoms with Crippen molar-refractivity contribution < 1.29 is 13.7 Å². The number of amides is 1. The van der Waals surface area contributed by atoms with Crippen LogP contribution in [0.3, 0.4) is 0 Å². The van der Waals surface area contributed by atoms with Gasteiger partial charge in [-0.3, -0.25) is 4.79 Å². The summed E-state index contributed by atoms with van der Waals surface area (Å²) in [5.41, 5.74) is 1.06. The van der Waals surface area contributed by atoms with Gasteiger partial charge in [-0.25, -0.2) is 0 Å². The zero-order chi connectivity index (χ0) is 16.8. The average Bonchev–Trinajstić information content (AvgIpc) is 3.31. The summed E-state index contributed by atoms with van der Waals surface area (Å²) >= 11 is 0. The Bertz CT molecular complexity index is 739. The van der Waals surface area contributed by atoms with E-state index in [2.05, 4.69) is 10.1 Å². The lowest BCUT2D eigenvalue weighted by Gasteiger charge is -2.20. The first-order valence-corrected chi connectivity index (χ1v) is 7.81. The lowest BCUT2D eigenvalue weighted by Crippen LogP contribution is -2.30. The highest BCUT2D eigenvalue weighted by atomic mass is 16.5. The van der Waals surface area contributed by atoms with E-state index in [9.17, 15) is 4.79 Å². The normalized spacial score (nSPS) is 12.0. The number of furan rings is 1. The maximum atomic E-state index is 12.6. The van der Waals surface area contributed by atoms with Gasteiger partial charge in [0.05, 0.1) is 12.2 Å². The van der Waals surface area contributed by atoms with E-state index < -0.39 is 0 Å². The molecule has 0 N–H and O–H groups in total. The second-order valence-electron chi connectivity index (χ2n) is 5.60. The van der Waals surface area contributed by atoms with Crippen molar-refractivity contribution in [2.24, 2.45) is 0 Å². The van der Waals surface area contributed by atoms with Crippen molar-refractivity contribution in [3.8, 4) is 0 Å². The van der Waals surface area contributed by atoms with Crippen molar-refractivity contribution in [2.75, 3.05) is 13.6 Å². The Hall–Kier alpha value is -2.89. The number of carbonyl (C=O) groups excluding carboxylic acids is 1. The van der Waals surface area contributed by atoms with Crippen LogP contribution in [0.4, 0.5) is 0 Å². The molecule has 6 nitrogen and oxygen atoms in total. The van der Waals surface area contributed by atoms with Gasteiger partial charge in [-0.15, -0.1) is 0 Å². The third-order valence-electron chi connectivity index (χ3n) is 3.97. The first-order valence-electron chi connectivity index (χ1n) is 7.81. The number of rotatable bonds is 7.